The highest BCUT2D eigenvalue weighted by Crippen LogP contribution is 2.45. The Morgan fingerprint density at radius 3 is 2.18 bits per heavy atom. The minimum absolute atomic E-state index is 0. The zero-order valence-electron chi connectivity index (χ0n) is 19.4. The second-order valence-corrected chi connectivity index (χ2v) is 10.9. The van der Waals surface area contributed by atoms with Crippen LogP contribution >= 0.6 is 31.0 Å². The van der Waals surface area contributed by atoms with Crippen molar-refractivity contribution in [1.29, 1.82) is 0 Å². The van der Waals surface area contributed by atoms with Gasteiger partial charge in [-0.05, 0) is 31.0 Å². The maximum Gasteiger partial charge on any atom is 0.472 e. The number of phosphoric ester groups is 1. The first-order valence-corrected chi connectivity index (χ1v) is 12.9. The number of carboxylic acid groups (broad SMARTS) is 1. The lowest BCUT2D eigenvalue weighted by atomic mass is 10.1. The Morgan fingerprint density at radius 1 is 1.06 bits per heavy atom. The zero-order chi connectivity index (χ0) is 24.2. The molecule has 0 heterocycles. The fourth-order valence-electron chi connectivity index (χ4n) is 3.03. The molecular weight excluding hydrogens is 496 g/mol. The van der Waals surface area contributed by atoms with Gasteiger partial charge in [0.15, 0.2) is 0 Å². The van der Waals surface area contributed by atoms with Gasteiger partial charge in [0, 0.05) is 5.02 Å². The van der Waals surface area contributed by atoms with Gasteiger partial charge in [-0.1, -0.05) is 48.9 Å². The molecule has 0 aromatic heterocycles. The second-order valence-electron chi connectivity index (χ2n) is 8.64. The van der Waals surface area contributed by atoms with Crippen LogP contribution in [-0.4, -0.2) is 72.9 Å². The van der Waals surface area contributed by atoms with Crippen molar-refractivity contribution >= 4 is 37.0 Å². The smallest absolute Gasteiger partial charge is 0.472 e. The average molecular weight is 532 g/mol. The summed E-state index contributed by atoms with van der Waals surface area (Å²) in [7, 11) is 1.24. The van der Waals surface area contributed by atoms with E-state index in [2.05, 4.69) is 0 Å². The summed E-state index contributed by atoms with van der Waals surface area (Å²) in [4.78, 5) is 20.9. The monoisotopic (exact) mass is 531 g/mol. The number of benzene rings is 1. The molecule has 0 saturated heterocycles. The Kier molecular flexibility index (Phi) is 15.5. The summed E-state index contributed by atoms with van der Waals surface area (Å²) in [6.07, 6.45) is 4.05. The van der Waals surface area contributed by atoms with Gasteiger partial charge in [-0.2, -0.15) is 0 Å². The molecule has 0 aliphatic heterocycles. The van der Waals surface area contributed by atoms with E-state index in [0.29, 0.717) is 33.3 Å². The second kappa shape index (κ2) is 15.9. The van der Waals surface area contributed by atoms with Crippen molar-refractivity contribution in [3.63, 3.8) is 0 Å². The van der Waals surface area contributed by atoms with Crippen LogP contribution in [0.1, 0.15) is 44.9 Å². The Balaban J connectivity index is 0.0000102. The van der Waals surface area contributed by atoms with Gasteiger partial charge in [0.2, 0.25) is 0 Å². The van der Waals surface area contributed by atoms with Gasteiger partial charge >= 0.3 is 13.8 Å². The first-order valence-electron chi connectivity index (χ1n) is 10.6. The number of rotatable bonds is 17. The highest BCUT2D eigenvalue weighted by molar-refractivity contribution is 7.47. The molecular formula is C21H36Cl2NO8P. The quantitative estimate of drug-likeness (QED) is 0.159. The number of phosphoric acid groups is 1. The van der Waals surface area contributed by atoms with Gasteiger partial charge in [-0.3, -0.25) is 13.8 Å². The number of aliphatic carboxylic acids is 1. The largest absolute Gasteiger partial charge is 0.870 e. The van der Waals surface area contributed by atoms with Crippen LogP contribution < -0.4 is 4.74 Å². The van der Waals surface area contributed by atoms with E-state index >= 15 is 0 Å². The molecule has 192 valence electrons. The van der Waals surface area contributed by atoms with Crippen LogP contribution in [0.25, 0.3) is 0 Å². The molecule has 1 rings (SSSR count). The molecule has 0 aliphatic carbocycles. The van der Waals surface area contributed by atoms with Crippen molar-refractivity contribution in [3.05, 3.63) is 28.2 Å². The van der Waals surface area contributed by atoms with Crippen molar-refractivity contribution < 1.29 is 43.1 Å². The molecule has 0 amide bonds. The molecule has 0 bridgehead atoms. The van der Waals surface area contributed by atoms with Gasteiger partial charge < -0.3 is 24.7 Å². The molecule has 0 saturated carbocycles. The minimum atomic E-state index is -4.31. The normalized spacial score (nSPS) is 14.2. The summed E-state index contributed by atoms with van der Waals surface area (Å²) in [5.74, 6) is -0.471. The number of quaternary nitrogens is 1. The van der Waals surface area contributed by atoms with Gasteiger partial charge in [-0.15, -0.1) is 0 Å². The zero-order valence-corrected chi connectivity index (χ0v) is 21.8. The topological polar surface area (TPSA) is 132 Å². The number of hydrogen-bond donors (Lipinski definition) is 2. The molecule has 12 heteroatoms. The standard InChI is InChI=1S/C21H34Cl2NO7P.H2O/c1-24(2,3)16-18(15-21(25)26)31-32(27,28)30-13-9-7-5-4-6-8-12-29-20-11-10-17(22)14-19(20)23;/h10-11,14,18H,4-9,12-13,15-16H2,1-3H3,(H-,25,26,27,28);1H2/t18-;/m1./s1. The van der Waals surface area contributed by atoms with E-state index < -0.39 is 19.9 Å². The fraction of sp³-hybridized carbons (Fsp3) is 0.667. The van der Waals surface area contributed by atoms with E-state index in [1.54, 1.807) is 18.2 Å². The van der Waals surface area contributed by atoms with Crippen molar-refractivity contribution in [2.45, 2.75) is 51.0 Å². The first kappa shape index (κ1) is 32.1. The lowest BCUT2D eigenvalue weighted by Gasteiger charge is -2.29. The summed E-state index contributed by atoms with van der Waals surface area (Å²) < 4.78 is 28.3. The molecule has 1 aromatic rings. The lowest BCUT2D eigenvalue weighted by Crippen LogP contribution is -2.42. The van der Waals surface area contributed by atoms with E-state index in [0.717, 1.165) is 32.1 Å². The summed E-state index contributed by atoms with van der Waals surface area (Å²) in [5, 5.41) is 10.1. The van der Waals surface area contributed by atoms with Crippen LogP contribution in [0.3, 0.4) is 0 Å². The van der Waals surface area contributed by atoms with Crippen molar-refractivity contribution in [2.75, 3.05) is 40.9 Å². The molecule has 0 aliphatic rings. The number of unbranched alkanes of at least 4 members (excludes halogenated alkanes) is 5. The predicted molar refractivity (Wildman–Crippen MR) is 127 cm³/mol. The third kappa shape index (κ3) is 16.4. The van der Waals surface area contributed by atoms with Crippen molar-refractivity contribution in [1.82, 2.24) is 0 Å². The summed E-state index contributed by atoms with van der Waals surface area (Å²) in [6, 6.07) is 5.13. The van der Waals surface area contributed by atoms with Gasteiger partial charge in [0.25, 0.3) is 0 Å². The molecule has 2 atom stereocenters. The first-order chi connectivity index (χ1) is 14.9. The minimum Gasteiger partial charge on any atom is -0.870 e. The van der Waals surface area contributed by atoms with Crippen LogP contribution in [-0.2, 0) is 18.4 Å². The summed E-state index contributed by atoms with van der Waals surface area (Å²) in [5.41, 5.74) is 0. The van der Waals surface area contributed by atoms with Crippen LogP contribution in [0.15, 0.2) is 18.2 Å². The number of nitrogens with zero attached hydrogens (tertiary/aromatic N) is 1. The van der Waals surface area contributed by atoms with Crippen LogP contribution in [0.4, 0.5) is 0 Å². The number of halogens is 2. The third-order valence-corrected chi connectivity index (χ3v) is 5.98. The van der Waals surface area contributed by atoms with Crippen molar-refractivity contribution in [2.24, 2.45) is 0 Å². The number of likely N-dealkylation sites (N-methyl/N-ethyl adjacent to an activating group) is 1. The maximum absolute atomic E-state index is 12.1. The molecule has 33 heavy (non-hydrogen) atoms. The average Bonchev–Trinajstić information content (AvgIpc) is 2.62. The molecule has 9 nitrogen and oxygen atoms in total. The molecule has 1 unspecified atom stereocenters. The lowest BCUT2D eigenvalue weighted by molar-refractivity contribution is -0.873. The van der Waals surface area contributed by atoms with Crippen molar-refractivity contribution in [3.8, 4) is 5.75 Å². The van der Waals surface area contributed by atoms with Gasteiger partial charge in [0.1, 0.15) is 18.4 Å². The fourth-order valence-corrected chi connectivity index (χ4v) is 4.43. The molecule has 1 aromatic carbocycles. The number of hydrogen-bond acceptors (Lipinski definition) is 6. The molecule has 0 fully saturated rings. The number of carbonyl (C=O) groups is 1. The highest BCUT2D eigenvalue weighted by atomic mass is 35.5. The molecule has 0 radical (unpaired) electrons. The van der Waals surface area contributed by atoms with E-state index in [4.69, 9.17) is 42.1 Å². The molecule has 3 N–H and O–H groups in total. The van der Waals surface area contributed by atoms with E-state index in [-0.39, 0.29) is 25.0 Å². The summed E-state index contributed by atoms with van der Waals surface area (Å²) >= 11 is 11.9. The summed E-state index contributed by atoms with van der Waals surface area (Å²) in [6.45, 7) is 0.921. The third-order valence-electron chi connectivity index (χ3n) is 4.38. The van der Waals surface area contributed by atoms with Crippen LogP contribution in [0.2, 0.25) is 10.0 Å². The number of carboxylic acids is 1. The van der Waals surface area contributed by atoms with Gasteiger partial charge in [-0.25, -0.2) is 4.57 Å². The maximum atomic E-state index is 12.1. The Labute approximate surface area is 206 Å². The Bertz CT molecular complexity index is 760. The van der Waals surface area contributed by atoms with E-state index in [9.17, 15) is 14.3 Å². The van der Waals surface area contributed by atoms with Crippen LogP contribution in [0, 0.1) is 0 Å². The van der Waals surface area contributed by atoms with Gasteiger partial charge in [0.05, 0.1) is 45.8 Å². The Hall–Kier alpha value is -0.900. The number of ether oxygens (including phenoxy) is 1. The SMILES string of the molecule is C[N+](C)(C)C[C@@H](CC(=O)O)OP(=O)(O)OCCCCCCCCOc1ccc(Cl)cc1Cl.[OH-]. The predicted octanol–water partition coefficient (Wildman–Crippen LogP) is 5.22. The molecule has 0 spiro atoms. The highest BCUT2D eigenvalue weighted by Gasteiger charge is 2.31. The Morgan fingerprint density at radius 2 is 1.64 bits per heavy atom. The van der Waals surface area contributed by atoms with E-state index in [1.807, 2.05) is 21.1 Å². The van der Waals surface area contributed by atoms with Crippen LogP contribution in [0.5, 0.6) is 5.75 Å². The van der Waals surface area contributed by atoms with E-state index in [1.165, 1.54) is 0 Å².